The molecular formula is C24H20F3N3O2. The molecule has 1 amide bonds. The molecule has 0 saturated heterocycles. The van der Waals surface area contributed by atoms with Crippen LogP contribution in [-0.2, 0) is 13.0 Å². The van der Waals surface area contributed by atoms with Gasteiger partial charge in [-0.25, -0.2) is 0 Å². The highest BCUT2D eigenvalue weighted by molar-refractivity contribution is 6.07. The first-order valence-electron chi connectivity index (χ1n) is 9.99. The molecule has 4 rings (SSSR count). The number of benzene rings is 2. The van der Waals surface area contributed by atoms with Crippen molar-refractivity contribution in [1.29, 1.82) is 0 Å². The molecule has 0 bridgehead atoms. The van der Waals surface area contributed by atoms with E-state index >= 15 is 0 Å². The van der Waals surface area contributed by atoms with Crippen LogP contribution in [0.3, 0.4) is 0 Å². The van der Waals surface area contributed by atoms with Crippen LogP contribution in [0.2, 0.25) is 0 Å². The Hall–Kier alpha value is -3.81. The van der Waals surface area contributed by atoms with Gasteiger partial charge in [0.25, 0.3) is 5.91 Å². The van der Waals surface area contributed by atoms with Crippen LogP contribution >= 0.6 is 0 Å². The second-order valence-electron chi connectivity index (χ2n) is 7.25. The average molecular weight is 439 g/mol. The van der Waals surface area contributed by atoms with Crippen molar-refractivity contribution in [2.75, 3.05) is 6.54 Å². The number of fused-ring (bicyclic) bond motifs is 1. The zero-order valence-corrected chi connectivity index (χ0v) is 17.0. The summed E-state index contributed by atoms with van der Waals surface area (Å²) in [6, 6.07) is 17.0. The van der Waals surface area contributed by atoms with E-state index in [0.29, 0.717) is 30.6 Å². The van der Waals surface area contributed by atoms with Crippen molar-refractivity contribution in [3.05, 3.63) is 95.9 Å². The Balaban J connectivity index is 1.53. The van der Waals surface area contributed by atoms with Crippen LogP contribution in [0.4, 0.5) is 13.2 Å². The Morgan fingerprint density at radius 1 is 1.03 bits per heavy atom. The van der Waals surface area contributed by atoms with Gasteiger partial charge < -0.3 is 14.6 Å². The average Bonchev–Trinajstić information content (AvgIpc) is 3.12. The van der Waals surface area contributed by atoms with E-state index in [1.807, 2.05) is 41.0 Å². The van der Waals surface area contributed by atoms with Gasteiger partial charge in [-0.05, 0) is 41.8 Å². The van der Waals surface area contributed by atoms with Crippen molar-refractivity contribution in [2.24, 2.45) is 0 Å². The smallest absolute Gasteiger partial charge is 0.406 e. The quantitative estimate of drug-likeness (QED) is 0.443. The number of amides is 1. The molecule has 4 aromatic rings. The van der Waals surface area contributed by atoms with Gasteiger partial charge in [-0.2, -0.15) is 0 Å². The van der Waals surface area contributed by atoms with Crippen molar-refractivity contribution in [1.82, 2.24) is 14.9 Å². The Morgan fingerprint density at radius 3 is 2.62 bits per heavy atom. The maximum Gasteiger partial charge on any atom is 0.573 e. The number of rotatable bonds is 7. The van der Waals surface area contributed by atoms with Crippen LogP contribution in [0, 0.1) is 0 Å². The lowest BCUT2D eigenvalue weighted by Crippen LogP contribution is -2.25. The lowest BCUT2D eigenvalue weighted by Gasteiger charge is -2.11. The number of hydrogen-bond acceptors (Lipinski definition) is 3. The van der Waals surface area contributed by atoms with E-state index in [2.05, 4.69) is 15.0 Å². The van der Waals surface area contributed by atoms with Gasteiger partial charge in [0.2, 0.25) is 0 Å². The minimum atomic E-state index is -4.75. The number of carbonyl (C=O) groups is 1. The van der Waals surface area contributed by atoms with Crippen LogP contribution in [0.1, 0.15) is 21.5 Å². The van der Waals surface area contributed by atoms with Gasteiger partial charge in [0.1, 0.15) is 5.75 Å². The molecule has 0 spiro atoms. The second kappa shape index (κ2) is 9.13. The van der Waals surface area contributed by atoms with Crippen molar-refractivity contribution >= 4 is 16.8 Å². The monoisotopic (exact) mass is 439 g/mol. The summed E-state index contributed by atoms with van der Waals surface area (Å²) in [7, 11) is 0. The molecule has 0 aliphatic carbocycles. The number of hydrogen-bond donors (Lipinski definition) is 1. The number of alkyl halides is 3. The number of carbonyl (C=O) groups excluding carboxylic acids is 1. The summed E-state index contributed by atoms with van der Waals surface area (Å²) >= 11 is 0. The maximum atomic E-state index is 12.8. The van der Waals surface area contributed by atoms with Crippen LogP contribution in [0.5, 0.6) is 5.75 Å². The molecule has 2 aromatic heterocycles. The Bertz CT molecular complexity index is 1220. The van der Waals surface area contributed by atoms with E-state index < -0.39 is 6.36 Å². The normalized spacial score (nSPS) is 11.5. The Labute approximate surface area is 182 Å². The summed E-state index contributed by atoms with van der Waals surface area (Å²) in [5.74, 6) is -0.488. The van der Waals surface area contributed by atoms with Crippen molar-refractivity contribution < 1.29 is 22.7 Å². The molecule has 2 aromatic carbocycles. The number of halogens is 3. The first-order valence-corrected chi connectivity index (χ1v) is 9.99. The van der Waals surface area contributed by atoms with Gasteiger partial charge in [-0.3, -0.25) is 9.78 Å². The Kier molecular flexibility index (Phi) is 6.11. The summed E-state index contributed by atoms with van der Waals surface area (Å²) in [5, 5.41) is 3.70. The highest BCUT2D eigenvalue weighted by atomic mass is 19.4. The molecule has 32 heavy (non-hydrogen) atoms. The molecule has 0 fully saturated rings. The summed E-state index contributed by atoms with van der Waals surface area (Å²) in [6.07, 6.45) is 1.09. The second-order valence-corrected chi connectivity index (χ2v) is 7.25. The highest BCUT2D eigenvalue weighted by Gasteiger charge is 2.31. The van der Waals surface area contributed by atoms with Crippen LogP contribution in [-0.4, -0.2) is 28.4 Å². The van der Waals surface area contributed by atoms with E-state index in [1.165, 1.54) is 18.2 Å². The third-order valence-corrected chi connectivity index (χ3v) is 4.94. The van der Waals surface area contributed by atoms with Crippen LogP contribution < -0.4 is 10.1 Å². The van der Waals surface area contributed by atoms with E-state index in [1.54, 1.807) is 24.7 Å². The van der Waals surface area contributed by atoms with E-state index in [4.69, 9.17) is 0 Å². The molecular weight excluding hydrogens is 419 g/mol. The molecule has 1 N–H and O–H groups in total. The predicted octanol–water partition coefficient (Wildman–Crippen LogP) is 4.96. The summed E-state index contributed by atoms with van der Waals surface area (Å²) in [6.45, 7) is 0.749. The van der Waals surface area contributed by atoms with Gasteiger partial charge in [-0.1, -0.05) is 36.4 Å². The van der Waals surface area contributed by atoms with E-state index in [-0.39, 0.29) is 11.7 Å². The first kappa shape index (κ1) is 21.4. The standard InChI is InChI=1S/C24H20F3N3O2/c25-24(26,27)32-19-7-3-5-18(13-19)15-30-16-21(20-8-1-2-9-22(20)30)23(31)29-12-10-17-6-4-11-28-14-17/h1-9,11,13-14,16H,10,12,15H2,(H,29,31). The lowest BCUT2D eigenvalue weighted by atomic mass is 10.1. The van der Waals surface area contributed by atoms with Gasteiger partial charge >= 0.3 is 6.36 Å². The minimum absolute atomic E-state index is 0.210. The highest BCUT2D eigenvalue weighted by Crippen LogP contribution is 2.26. The first-order chi connectivity index (χ1) is 15.4. The topological polar surface area (TPSA) is 56.2 Å². The molecule has 0 atom stereocenters. The summed E-state index contributed by atoms with van der Waals surface area (Å²) in [4.78, 5) is 16.9. The van der Waals surface area contributed by atoms with E-state index in [9.17, 15) is 18.0 Å². The molecule has 8 heteroatoms. The SMILES string of the molecule is O=C(NCCc1cccnc1)c1cn(Cc2cccc(OC(F)(F)F)c2)c2ccccc12. The van der Waals surface area contributed by atoms with Gasteiger partial charge in [0.05, 0.1) is 5.56 Å². The van der Waals surface area contributed by atoms with E-state index in [0.717, 1.165) is 16.5 Å². The fraction of sp³-hybridized carbons (Fsp3) is 0.167. The molecule has 0 radical (unpaired) electrons. The number of nitrogens with zero attached hydrogens (tertiary/aromatic N) is 2. The van der Waals surface area contributed by atoms with Crippen molar-refractivity contribution in [3.63, 3.8) is 0 Å². The number of ether oxygens (including phenoxy) is 1. The number of aromatic nitrogens is 2. The number of nitrogens with one attached hydrogen (secondary N) is 1. The third-order valence-electron chi connectivity index (χ3n) is 4.94. The minimum Gasteiger partial charge on any atom is -0.406 e. The zero-order valence-electron chi connectivity index (χ0n) is 17.0. The van der Waals surface area contributed by atoms with Gasteiger partial charge in [-0.15, -0.1) is 13.2 Å². The molecule has 0 unspecified atom stereocenters. The predicted molar refractivity (Wildman–Crippen MR) is 114 cm³/mol. The Morgan fingerprint density at radius 2 is 1.84 bits per heavy atom. The maximum absolute atomic E-state index is 12.8. The summed E-state index contributed by atoms with van der Waals surface area (Å²) < 4.78 is 43.5. The van der Waals surface area contributed by atoms with Crippen LogP contribution in [0.15, 0.2) is 79.3 Å². The van der Waals surface area contributed by atoms with Crippen LogP contribution in [0.25, 0.3) is 10.9 Å². The lowest BCUT2D eigenvalue weighted by molar-refractivity contribution is -0.274. The summed E-state index contributed by atoms with van der Waals surface area (Å²) in [5.41, 5.74) is 2.97. The van der Waals surface area contributed by atoms with Crippen molar-refractivity contribution in [2.45, 2.75) is 19.3 Å². The van der Waals surface area contributed by atoms with Crippen molar-refractivity contribution in [3.8, 4) is 5.75 Å². The van der Waals surface area contributed by atoms with Gasteiger partial charge in [0.15, 0.2) is 0 Å². The molecule has 0 aliphatic rings. The fourth-order valence-electron chi connectivity index (χ4n) is 3.56. The molecule has 0 aliphatic heterocycles. The third kappa shape index (κ3) is 5.26. The largest absolute Gasteiger partial charge is 0.573 e. The zero-order chi connectivity index (χ0) is 22.6. The van der Waals surface area contributed by atoms with Gasteiger partial charge in [0, 0.05) is 42.6 Å². The molecule has 164 valence electrons. The molecule has 0 saturated carbocycles. The number of pyridine rings is 1. The molecule has 2 heterocycles. The fourth-order valence-corrected chi connectivity index (χ4v) is 3.56. The molecule has 5 nitrogen and oxygen atoms in total. The number of para-hydroxylation sites is 1.